The zero-order valence-electron chi connectivity index (χ0n) is 9.96. The molecule has 0 aromatic carbocycles. The second-order valence-electron chi connectivity index (χ2n) is 4.69. The van der Waals surface area contributed by atoms with Crippen molar-refractivity contribution in [2.75, 3.05) is 19.6 Å². The Morgan fingerprint density at radius 3 is 2.29 bits per heavy atom. The van der Waals surface area contributed by atoms with Crippen LogP contribution < -0.4 is 0 Å². The smallest absolute Gasteiger partial charge is 0.0562 e. The molecule has 1 atom stereocenters. The molecule has 84 valence electrons. The number of nitrogens with zero attached hydrogens (tertiary/aromatic N) is 1. The zero-order valence-corrected chi connectivity index (χ0v) is 9.96. The van der Waals surface area contributed by atoms with E-state index in [4.69, 9.17) is 4.74 Å². The molecular formula is C12H25NO. The van der Waals surface area contributed by atoms with Gasteiger partial charge in [-0.25, -0.2) is 0 Å². The Labute approximate surface area is 88.6 Å². The summed E-state index contributed by atoms with van der Waals surface area (Å²) in [7, 11) is 0. The van der Waals surface area contributed by atoms with Crippen molar-refractivity contribution >= 4 is 0 Å². The Bertz CT molecular complexity index is 141. The summed E-state index contributed by atoms with van der Waals surface area (Å²) < 4.78 is 5.71. The highest BCUT2D eigenvalue weighted by Gasteiger charge is 2.11. The Morgan fingerprint density at radius 1 is 1.07 bits per heavy atom. The van der Waals surface area contributed by atoms with Crippen LogP contribution in [0.25, 0.3) is 0 Å². The van der Waals surface area contributed by atoms with Gasteiger partial charge in [0.05, 0.1) is 12.2 Å². The van der Waals surface area contributed by atoms with Crippen molar-refractivity contribution in [3.8, 4) is 0 Å². The predicted octanol–water partition coefficient (Wildman–Crippen LogP) is 2.68. The van der Waals surface area contributed by atoms with Crippen LogP contribution in [0.4, 0.5) is 0 Å². The Morgan fingerprint density at radius 2 is 1.71 bits per heavy atom. The maximum atomic E-state index is 5.71. The van der Waals surface area contributed by atoms with E-state index in [9.17, 15) is 0 Å². The lowest BCUT2D eigenvalue weighted by atomic mass is 10.1. The summed E-state index contributed by atoms with van der Waals surface area (Å²) in [5.41, 5.74) is 0. The molecule has 0 bridgehead atoms. The van der Waals surface area contributed by atoms with Crippen LogP contribution in [0.15, 0.2) is 0 Å². The van der Waals surface area contributed by atoms with E-state index in [1.807, 2.05) is 0 Å². The third-order valence-corrected chi connectivity index (χ3v) is 2.81. The van der Waals surface area contributed by atoms with Crippen LogP contribution in [0.1, 0.15) is 46.5 Å². The van der Waals surface area contributed by atoms with E-state index < -0.39 is 0 Å². The van der Waals surface area contributed by atoms with Gasteiger partial charge in [-0.15, -0.1) is 0 Å². The molecule has 1 unspecified atom stereocenters. The Balaban J connectivity index is 2.06. The second-order valence-corrected chi connectivity index (χ2v) is 4.69. The largest absolute Gasteiger partial charge is 0.376 e. The monoisotopic (exact) mass is 199 g/mol. The average Bonchev–Trinajstić information content (AvgIpc) is 2.15. The first kappa shape index (κ1) is 12.0. The van der Waals surface area contributed by atoms with Crippen LogP contribution in [-0.4, -0.2) is 36.7 Å². The van der Waals surface area contributed by atoms with Crippen LogP contribution in [0.3, 0.4) is 0 Å². The molecule has 2 heteroatoms. The van der Waals surface area contributed by atoms with E-state index in [2.05, 4.69) is 25.7 Å². The minimum absolute atomic E-state index is 0.367. The minimum Gasteiger partial charge on any atom is -0.376 e. The van der Waals surface area contributed by atoms with E-state index >= 15 is 0 Å². The maximum absolute atomic E-state index is 5.71. The van der Waals surface area contributed by atoms with Crippen LogP contribution in [0.2, 0.25) is 0 Å². The van der Waals surface area contributed by atoms with Gasteiger partial charge in [-0.3, -0.25) is 0 Å². The maximum Gasteiger partial charge on any atom is 0.0562 e. The Kier molecular flexibility index (Phi) is 5.49. The summed E-state index contributed by atoms with van der Waals surface area (Å²) in [6.45, 7) is 10.2. The SMILES string of the molecule is CC(C)OC(C)CCN1CCCCC1. The van der Waals surface area contributed by atoms with Gasteiger partial charge in [0.25, 0.3) is 0 Å². The predicted molar refractivity (Wildman–Crippen MR) is 60.6 cm³/mol. The summed E-state index contributed by atoms with van der Waals surface area (Å²) in [5.74, 6) is 0. The lowest BCUT2D eigenvalue weighted by Gasteiger charge is -2.27. The summed E-state index contributed by atoms with van der Waals surface area (Å²) in [6.07, 6.45) is 6.16. The molecule has 0 amide bonds. The van der Waals surface area contributed by atoms with Crippen LogP contribution >= 0.6 is 0 Å². The second kappa shape index (κ2) is 6.41. The third-order valence-electron chi connectivity index (χ3n) is 2.81. The molecule has 0 N–H and O–H groups in total. The minimum atomic E-state index is 0.367. The summed E-state index contributed by atoms with van der Waals surface area (Å²) in [4.78, 5) is 2.57. The van der Waals surface area contributed by atoms with E-state index in [1.54, 1.807) is 0 Å². The van der Waals surface area contributed by atoms with Crippen LogP contribution in [0, 0.1) is 0 Å². The first-order valence-electron chi connectivity index (χ1n) is 6.06. The summed E-state index contributed by atoms with van der Waals surface area (Å²) in [6, 6.07) is 0. The first-order chi connectivity index (χ1) is 6.68. The molecule has 1 fully saturated rings. The van der Waals surface area contributed by atoms with E-state index in [-0.39, 0.29) is 0 Å². The molecule has 1 heterocycles. The molecule has 0 radical (unpaired) electrons. The molecule has 1 saturated heterocycles. The summed E-state index contributed by atoms with van der Waals surface area (Å²) in [5, 5.41) is 0. The average molecular weight is 199 g/mol. The normalized spacial score (nSPS) is 21.4. The van der Waals surface area contributed by atoms with Gasteiger partial charge >= 0.3 is 0 Å². The van der Waals surface area contributed by atoms with Crippen molar-refractivity contribution in [1.29, 1.82) is 0 Å². The molecule has 0 aromatic rings. The van der Waals surface area contributed by atoms with Gasteiger partial charge in [-0.2, -0.15) is 0 Å². The fourth-order valence-electron chi connectivity index (χ4n) is 2.08. The van der Waals surface area contributed by atoms with Crippen LogP contribution in [0.5, 0.6) is 0 Å². The molecule has 2 nitrogen and oxygen atoms in total. The summed E-state index contributed by atoms with van der Waals surface area (Å²) >= 11 is 0. The van der Waals surface area contributed by atoms with Gasteiger partial charge in [-0.05, 0) is 53.1 Å². The molecule has 0 spiro atoms. The van der Waals surface area contributed by atoms with Gasteiger partial charge in [0, 0.05) is 6.54 Å². The zero-order chi connectivity index (χ0) is 10.4. The van der Waals surface area contributed by atoms with Gasteiger partial charge in [0.2, 0.25) is 0 Å². The van der Waals surface area contributed by atoms with E-state index in [1.165, 1.54) is 45.3 Å². The van der Waals surface area contributed by atoms with Crippen molar-refractivity contribution in [2.45, 2.75) is 58.7 Å². The number of ether oxygens (including phenoxy) is 1. The number of hydrogen-bond acceptors (Lipinski definition) is 2. The third kappa shape index (κ3) is 4.97. The molecule has 0 saturated carbocycles. The highest BCUT2D eigenvalue weighted by Crippen LogP contribution is 2.10. The molecule has 1 aliphatic rings. The first-order valence-corrected chi connectivity index (χ1v) is 6.06. The van der Waals surface area contributed by atoms with Crippen molar-refractivity contribution in [1.82, 2.24) is 4.90 Å². The highest BCUT2D eigenvalue weighted by molar-refractivity contribution is 4.66. The molecule has 14 heavy (non-hydrogen) atoms. The Hall–Kier alpha value is -0.0800. The van der Waals surface area contributed by atoms with Crippen molar-refractivity contribution in [3.63, 3.8) is 0 Å². The van der Waals surface area contributed by atoms with E-state index in [0.717, 1.165) is 0 Å². The lowest BCUT2D eigenvalue weighted by molar-refractivity contribution is 0.00824. The highest BCUT2D eigenvalue weighted by atomic mass is 16.5. The fourth-order valence-corrected chi connectivity index (χ4v) is 2.08. The number of hydrogen-bond donors (Lipinski definition) is 0. The fraction of sp³-hybridized carbons (Fsp3) is 1.00. The van der Waals surface area contributed by atoms with Gasteiger partial charge in [0.15, 0.2) is 0 Å². The molecule has 1 aliphatic heterocycles. The molecular weight excluding hydrogens is 174 g/mol. The topological polar surface area (TPSA) is 12.5 Å². The lowest BCUT2D eigenvalue weighted by Crippen LogP contribution is -2.32. The van der Waals surface area contributed by atoms with Crippen molar-refractivity contribution < 1.29 is 4.74 Å². The number of piperidine rings is 1. The van der Waals surface area contributed by atoms with Crippen LogP contribution in [-0.2, 0) is 4.74 Å². The standard InChI is InChI=1S/C12H25NO/c1-11(2)14-12(3)7-10-13-8-5-4-6-9-13/h11-12H,4-10H2,1-3H3. The molecule has 0 aliphatic carbocycles. The van der Waals surface area contributed by atoms with Crippen molar-refractivity contribution in [2.24, 2.45) is 0 Å². The quantitative estimate of drug-likeness (QED) is 0.675. The van der Waals surface area contributed by atoms with Crippen molar-refractivity contribution in [3.05, 3.63) is 0 Å². The van der Waals surface area contributed by atoms with Gasteiger partial charge in [-0.1, -0.05) is 6.42 Å². The van der Waals surface area contributed by atoms with Gasteiger partial charge < -0.3 is 9.64 Å². The number of likely N-dealkylation sites (tertiary alicyclic amines) is 1. The molecule has 0 aromatic heterocycles. The number of rotatable bonds is 5. The molecule has 1 rings (SSSR count). The van der Waals surface area contributed by atoms with E-state index in [0.29, 0.717) is 12.2 Å². The van der Waals surface area contributed by atoms with Gasteiger partial charge in [0.1, 0.15) is 0 Å².